The highest BCUT2D eigenvalue weighted by molar-refractivity contribution is 7.13. The number of hydrogen-bond donors (Lipinski definition) is 1. The lowest BCUT2D eigenvalue weighted by Gasteiger charge is -2.38. The average Bonchev–Trinajstić information content (AvgIpc) is 3.11. The van der Waals surface area contributed by atoms with Gasteiger partial charge in [-0.25, -0.2) is 4.98 Å². The van der Waals surface area contributed by atoms with Crippen LogP contribution in [0, 0.1) is 0 Å². The molecule has 0 aliphatic carbocycles. The van der Waals surface area contributed by atoms with Crippen molar-refractivity contribution >= 4 is 17.2 Å². The fourth-order valence-corrected chi connectivity index (χ4v) is 4.24. The molecule has 140 valence electrons. The fraction of sp³-hybridized carbons (Fsp3) is 0.500. The molecule has 2 N–H and O–H groups in total. The van der Waals surface area contributed by atoms with Crippen molar-refractivity contribution in [2.45, 2.75) is 38.8 Å². The van der Waals surface area contributed by atoms with E-state index in [4.69, 9.17) is 10.7 Å². The van der Waals surface area contributed by atoms with E-state index < -0.39 is 5.54 Å². The van der Waals surface area contributed by atoms with Crippen molar-refractivity contribution in [3.05, 3.63) is 41.4 Å². The third-order valence-corrected chi connectivity index (χ3v) is 5.82. The summed E-state index contributed by atoms with van der Waals surface area (Å²) in [5.41, 5.74) is 7.73. The van der Waals surface area contributed by atoms with Gasteiger partial charge in [0.2, 0.25) is 5.91 Å². The largest absolute Gasteiger partial charge is 0.339 e. The van der Waals surface area contributed by atoms with Gasteiger partial charge in [-0.15, -0.1) is 11.3 Å². The molecule has 1 aliphatic heterocycles. The molecular weight excluding hydrogens is 344 g/mol. The van der Waals surface area contributed by atoms with Gasteiger partial charge in [0, 0.05) is 43.7 Å². The molecular formula is C20H28N4OS. The second-order valence-corrected chi connectivity index (χ2v) is 8.10. The number of rotatable bonds is 6. The lowest BCUT2D eigenvalue weighted by atomic mass is 9.95. The highest BCUT2D eigenvalue weighted by Gasteiger charge is 2.33. The van der Waals surface area contributed by atoms with Gasteiger partial charge < -0.3 is 10.6 Å². The minimum atomic E-state index is -0.740. The third kappa shape index (κ3) is 4.50. The zero-order chi connectivity index (χ0) is 18.6. The van der Waals surface area contributed by atoms with Crippen LogP contribution in [-0.4, -0.2) is 52.4 Å². The molecule has 1 aliphatic rings. The first-order valence-corrected chi connectivity index (χ1v) is 10.2. The number of benzene rings is 1. The molecule has 0 saturated carbocycles. The quantitative estimate of drug-likeness (QED) is 0.847. The van der Waals surface area contributed by atoms with Gasteiger partial charge >= 0.3 is 0 Å². The van der Waals surface area contributed by atoms with Crippen LogP contribution in [0.4, 0.5) is 0 Å². The van der Waals surface area contributed by atoms with Crippen LogP contribution < -0.4 is 5.73 Å². The molecule has 2 aromatic rings. The van der Waals surface area contributed by atoms with E-state index in [-0.39, 0.29) is 5.91 Å². The number of nitrogens with zero attached hydrogens (tertiary/aromatic N) is 3. The smallest absolute Gasteiger partial charge is 0.242 e. The molecule has 1 aromatic heterocycles. The standard InChI is InChI=1S/C20H28N4OS/c1-3-9-20(2,21)19(25)24-12-10-23(11-13-24)14-17-15-26-18(22-17)16-7-5-4-6-8-16/h4-8,15H,3,9-14,21H2,1-2H3. The Morgan fingerprint density at radius 2 is 1.92 bits per heavy atom. The molecule has 1 fully saturated rings. The molecule has 0 spiro atoms. The molecule has 2 heterocycles. The monoisotopic (exact) mass is 372 g/mol. The topological polar surface area (TPSA) is 62.5 Å². The van der Waals surface area contributed by atoms with E-state index in [1.165, 1.54) is 0 Å². The number of piperazine rings is 1. The van der Waals surface area contributed by atoms with Gasteiger partial charge in [0.25, 0.3) is 0 Å². The Hall–Kier alpha value is -1.76. The lowest BCUT2D eigenvalue weighted by Crippen LogP contribution is -2.58. The van der Waals surface area contributed by atoms with E-state index in [1.807, 2.05) is 30.0 Å². The summed E-state index contributed by atoms with van der Waals surface area (Å²) in [5.74, 6) is 0.0824. The van der Waals surface area contributed by atoms with E-state index in [0.717, 1.165) is 61.8 Å². The van der Waals surface area contributed by atoms with Crippen LogP contribution in [0.1, 0.15) is 32.4 Å². The summed E-state index contributed by atoms with van der Waals surface area (Å²) in [6.07, 6.45) is 1.65. The van der Waals surface area contributed by atoms with Crippen molar-refractivity contribution < 1.29 is 4.79 Å². The number of carbonyl (C=O) groups excluding carboxylic acids is 1. The van der Waals surface area contributed by atoms with Gasteiger partial charge in [-0.3, -0.25) is 9.69 Å². The maximum atomic E-state index is 12.6. The van der Waals surface area contributed by atoms with Crippen LogP contribution in [-0.2, 0) is 11.3 Å². The van der Waals surface area contributed by atoms with E-state index in [1.54, 1.807) is 11.3 Å². The minimum Gasteiger partial charge on any atom is -0.339 e. The predicted molar refractivity (Wildman–Crippen MR) is 107 cm³/mol. The predicted octanol–water partition coefficient (Wildman–Crippen LogP) is 2.97. The molecule has 3 rings (SSSR count). The van der Waals surface area contributed by atoms with Crippen molar-refractivity contribution in [1.82, 2.24) is 14.8 Å². The number of aromatic nitrogens is 1. The van der Waals surface area contributed by atoms with E-state index >= 15 is 0 Å². The SMILES string of the molecule is CCCC(C)(N)C(=O)N1CCN(Cc2csc(-c3ccccc3)n2)CC1. The van der Waals surface area contributed by atoms with Crippen molar-refractivity contribution in [1.29, 1.82) is 0 Å². The number of nitrogens with two attached hydrogens (primary N) is 1. The van der Waals surface area contributed by atoms with Crippen molar-refractivity contribution in [3.63, 3.8) is 0 Å². The molecule has 1 atom stereocenters. The zero-order valence-electron chi connectivity index (χ0n) is 15.6. The highest BCUT2D eigenvalue weighted by atomic mass is 32.1. The summed E-state index contributed by atoms with van der Waals surface area (Å²) in [4.78, 5) is 21.7. The Bertz CT molecular complexity index is 720. The van der Waals surface area contributed by atoms with Gasteiger partial charge in [-0.05, 0) is 13.3 Å². The zero-order valence-corrected chi connectivity index (χ0v) is 16.5. The number of hydrogen-bond acceptors (Lipinski definition) is 5. The molecule has 1 aromatic carbocycles. The van der Waals surface area contributed by atoms with E-state index in [9.17, 15) is 4.79 Å². The molecule has 0 radical (unpaired) electrons. The van der Waals surface area contributed by atoms with Crippen molar-refractivity contribution in [2.75, 3.05) is 26.2 Å². The Kier molecular flexibility index (Phi) is 6.06. The summed E-state index contributed by atoms with van der Waals surface area (Å²) in [5, 5.41) is 3.20. The highest BCUT2D eigenvalue weighted by Crippen LogP contribution is 2.24. The second kappa shape index (κ2) is 8.29. The van der Waals surface area contributed by atoms with Gasteiger partial charge in [0.1, 0.15) is 5.01 Å². The van der Waals surface area contributed by atoms with E-state index in [0.29, 0.717) is 0 Å². The number of thiazole rings is 1. The molecule has 0 bridgehead atoms. The minimum absolute atomic E-state index is 0.0824. The summed E-state index contributed by atoms with van der Waals surface area (Å²) in [6.45, 7) is 7.97. The van der Waals surface area contributed by atoms with Crippen LogP contribution in [0.15, 0.2) is 35.7 Å². The van der Waals surface area contributed by atoms with Gasteiger partial charge in [-0.2, -0.15) is 0 Å². The van der Waals surface area contributed by atoms with Crippen LogP contribution in [0.2, 0.25) is 0 Å². The molecule has 5 nitrogen and oxygen atoms in total. The lowest BCUT2D eigenvalue weighted by molar-refractivity contribution is -0.138. The maximum absolute atomic E-state index is 12.6. The number of amides is 1. The Morgan fingerprint density at radius 1 is 1.23 bits per heavy atom. The van der Waals surface area contributed by atoms with Gasteiger partial charge in [0.05, 0.1) is 11.2 Å². The van der Waals surface area contributed by atoms with Crippen LogP contribution >= 0.6 is 11.3 Å². The molecule has 1 saturated heterocycles. The Morgan fingerprint density at radius 3 is 2.58 bits per heavy atom. The average molecular weight is 373 g/mol. The normalized spacial score (nSPS) is 17.9. The van der Waals surface area contributed by atoms with Crippen LogP contribution in [0.5, 0.6) is 0 Å². The Balaban J connectivity index is 1.53. The van der Waals surface area contributed by atoms with Crippen LogP contribution in [0.25, 0.3) is 10.6 Å². The summed E-state index contributed by atoms with van der Waals surface area (Å²) in [7, 11) is 0. The van der Waals surface area contributed by atoms with Crippen molar-refractivity contribution in [3.8, 4) is 10.6 Å². The molecule has 1 amide bonds. The fourth-order valence-electron chi connectivity index (χ4n) is 3.42. The van der Waals surface area contributed by atoms with Gasteiger partial charge in [-0.1, -0.05) is 43.7 Å². The first-order chi connectivity index (χ1) is 12.5. The third-order valence-electron chi connectivity index (χ3n) is 4.88. The first kappa shape index (κ1) is 19.0. The Labute approximate surface area is 159 Å². The van der Waals surface area contributed by atoms with E-state index in [2.05, 4.69) is 29.3 Å². The van der Waals surface area contributed by atoms with Crippen molar-refractivity contribution in [2.24, 2.45) is 5.73 Å². The summed E-state index contributed by atoms with van der Waals surface area (Å²) in [6, 6.07) is 10.3. The molecule has 6 heteroatoms. The maximum Gasteiger partial charge on any atom is 0.242 e. The molecule has 1 unspecified atom stereocenters. The summed E-state index contributed by atoms with van der Waals surface area (Å²) < 4.78 is 0. The first-order valence-electron chi connectivity index (χ1n) is 9.30. The summed E-state index contributed by atoms with van der Waals surface area (Å²) >= 11 is 1.69. The van der Waals surface area contributed by atoms with Crippen LogP contribution in [0.3, 0.4) is 0 Å². The molecule has 26 heavy (non-hydrogen) atoms. The number of carbonyl (C=O) groups is 1. The van der Waals surface area contributed by atoms with Gasteiger partial charge in [0.15, 0.2) is 0 Å². The second-order valence-electron chi connectivity index (χ2n) is 7.25.